The number of carbonyl (C=O) groups is 1. The van der Waals surface area contributed by atoms with E-state index >= 15 is 0 Å². The molecule has 0 atom stereocenters. The van der Waals surface area contributed by atoms with Gasteiger partial charge in [0.15, 0.2) is 5.11 Å². The molecule has 0 aliphatic heterocycles. The van der Waals surface area contributed by atoms with Gasteiger partial charge in [-0.1, -0.05) is 36.4 Å². The van der Waals surface area contributed by atoms with Crippen molar-refractivity contribution in [1.82, 2.24) is 5.32 Å². The highest BCUT2D eigenvalue weighted by Gasteiger charge is 2.14. The highest BCUT2D eigenvalue weighted by atomic mass is 32.2. The molecule has 0 spiro atoms. The van der Waals surface area contributed by atoms with Gasteiger partial charge in [-0.15, -0.1) is 4.40 Å². The predicted octanol–water partition coefficient (Wildman–Crippen LogP) is 2.40. The van der Waals surface area contributed by atoms with E-state index in [4.69, 9.17) is 28.4 Å². The molecule has 34 heavy (non-hydrogen) atoms. The fourth-order valence-corrected chi connectivity index (χ4v) is 3.97. The van der Waals surface area contributed by atoms with Crippen LogP contribution in [0.5, 0.6) is 5.75 Å². The summed E-state index contributed by atoms with van der Waals surface area (Å²) in [5, 5.41) is 5.44. The van der Waals surface area contributed by atoms with E-state index < -0.39 is 21.9 Å². The van der Waals surface area contributed by atoms with Crippen molar-refractivity contribution >= 4 is 44.9 Å². The van der Waals surface area contributed by atoms with Crippen molar-refractivity contribution in [2.75, 3.05) is 11.9 Å². The van der Waals surface area contributed by atoms with Crippen molar-refractivity contribution < 1.29 is 17.9 Å². The third-order valence-electron chi connectivity index (χ3n) is 4.46. The summed E-state index contributed by atoms with van der Waals surface area (Å²) in [5.74, 6) is -0.408. The first kappa shape index (κ1) is 24.7. The smallest absolute Gasteiger partial charge is 0.285 e. The van der Waals surface area contributed by atoms with Crippen molar-refractivity contribution in [1.29, 1.82) is 0 Å². The number of carbonyl (C=O) groups excluding carboxylic acids is 1. The van der Waals surface area contributed by atoms with Crippen molar-refractivity contribution in [2.24, 2.45) is 15.9 Å². The molecule has 0 aliphatic rings. The molecule has 0 aromatic heterocycles. The van der Waals surface area contributed by atoms with Gasteiger partial charge in [0.25, 0.3) is 15.9 Å². The second-order valence-electron chi connectivity index (χ2n) is 7.04. The van der Waals surface area contributed by atoms with Crippen LogP contribution >= 0.6 is 12.2 Å². The van der Waals surface area contributed by atoms with Gasteiger partial charge in [0, 0.05) is 17.7 Å². The minimum Gasteiger partial charge on any atom is -0.493 e. The molecule has 0 saturated heterocycles. The van der Waals surface area contributed by atoms with Crippen molar-refractivity contribution in [3.63, 3.8) is 0 Å². The second kappa shape index (κ2) is 11.3. The summed E-state index contributed by atoms with van der Waals surface area (Å²) in [6, 6.07) is 22.3. The summed E-state index contributed by atoms with van der Waals surface area (Å²) >= 11 is 5.19. The fourth-order valence-electron chi connectivity index (χ4n) is 2.90. The van der Waals surface area contributed by atoms with Gasteiger partial charge in [0.05, 0.1) is 11.5 Å². The number of nitrogens with two attached hydrogens (primary N) is 2. The van der Waals surface area contributed by atoms with Crippen LogP contribution in [0, 0.1) is 0 Å². The standard InChI is InChI=1S/C23H23N5O4S2/c24-22(25)28-34(30,31)20-11-9-18(10-12-20)26-23(33)27-21(29)17-7-4-8-19(15-17)32-14-13-16-5-2-1-3-6-16/h1-12,15H,13-14H2,(H4,24,25,28)(H2,26,27,29,33). The SMILES string of the molecule is NC(N)=NS(=O)(=O)c1ccc(NC(=S)NC(=O)c2cccc(OCCc3ccccc3)c2)cc1. The van der Waals surface area contributed by atoms with Crippen LogP contribution in [0.3, 0.4) is 0 Å². The summed E-state index contributed by atoms with van der Waals surface area (Å²) in [5.41, 5.74) is 12.3. The Balaban J connectivity index is 1.54. The van der Waals surface area contributed by atoms with Crippen molar-refractivity contribution in [2.45, 2.75) is 11.3 Å². The molecule has 0 radical (unpaired) electrons. The van der Waals surface area contributed by atoms with Crippen LogP contribution in [0.15, 0.2) is 88.2 Å². The summed E-state index contributed by atoms with van der Waals surface area (Å²) in [4.78, 5) is 12.5. The van der Waals surface area contributed by atoms with Gasteiger partial charge < -0.3 is 21.5 Å². The maximum absolute atomic E-state index is 12.6. The van der Waals surface area contributed by atoms with E-state index in [2.05, 4.69) is 15.0 Å². The number of rotatable bonds is 8. The molecular formula is C23H23N5O4S2. The lowest BCUT2D eigenvalue weighted by molar-refractivity contribution is 0.0977. The molecule has 3 aromatic carbocycles. The van der Waals surface area contributed by atoms with Crippen molar-refractivity contribution in [3.8, 4) is 5.75 Å². The molecule has 1 amide bonds. The van der Waals surface area contributed by atoms with Crippen molar-refractivity contribution in [3.05, 3.63) is 90.0 Å². The third kappa shape index (κ3) is 7.29. The molecule has 176 valence electrons. The van der Waals surface area contributed by atoms with Gasteiger partial charge >= 0.3 is 0 Å². The number of sulfonamides is 1. The molecule has 3 aromatic rings. The number of anilines is 1. The first-order valence-corrected chi connectivity index (χ1v) is 11.9. The zero-order chi connectivity index (χ0) is 24.6. The number of hydrogen-bond acceptors (Lipinski definition) is 5. The second-order valence-corrected chi connectivity index (χ2v) is 9.05. The molecule has 0 unspecified atom stereocenters. The summed E-state index contributed by atoms with van der Waals surface area (Å²) in [6.07, 6.45) is 0.747. The number of nitrogens with one attached hydrogen (secondary N) is 2. The maximum atomic E-state index is 12.6. The molecule has 3 rings (SSSR count). The van der Waals surface area contributed by atoms with E-state index in [0.29, 0.717) is 23.6 Å². The summed E-state index contributed by atoms with van der Waals surface area (Å²) in [7, 11) is -3.99. The quantitative estimate of drug-likeness (QED) is 0.211. The van der Waals surface area contributed by atoms with E-state index in [1.165, 1.54) is 24.3 Å². The minimum absolute atomic E-state index is 0.0419. The van der Waals surface area contributed by atoms with Gasteiger partial charge in [-0.3, -0.25) is 10.1 Å². The summed E-state index contributed by atoms with van der Waals surface area (Å²) in [6.45, 7) is 0.476. The Labute approximate surface area is 202 Å². The molecule has 0 aliphatic carbocycles. The largest absolute Gasteiger partial charge is 0.493 e. The van der Waals surface area contributed by atoms with Crippen LogP contribution in [-0.4, -0.2) is 32.0 Å². The van der Waals surface area contributed by atoms with Crippen LogP contribution in [0.4, 0.5) is 5.69 Å². The zero-order valence-corrected chi connectivity index (χ0v) is 19.6. The lowest BCUT2D eigenvalue weighted by Crippen LogP contribution is -2.34. The first-order chi connectivity index (χ1) is 16.2. The van der Waals surface area contributed by atoms with E-state index in [0.717, 1.165) is 12.0 Å². The Bertz CT molecular complexity index is 1290. The Hall–Kier alpha value is -3.96. The number of guanidine groups is 1. The fraction of sp³-hybridized carbons (Fsp3) is 0.0870. The Morgan fingerprint density at radius 1 is 0.971 bits per heavy atom. The summed E-state index contributed by atoms with van der Waals surface area (Å²) < 4.78 is 32.9. The number of benzene rings is 3. The van der Waals surface area contributed by atoms with E-state index in [1.54, 1.807) is 24.3 Å². The Morgan fingerprint density at radius 3 is 2.35 bits per heavy atom. The average Bonchev–Trinajstić information content (AvgIpc) is 2.79. The van der Waals surface area contributed by atoms with Crippen LogP contribution in [0.2, 0.25) is 0 Å². The van der Waals surface area contributed by atoms with E-state index in [-0.39, 0.29) is 10.0 Å². The molecular weight excluding hydrogens is 474 g/mol. The minimum atomic E-state index is -3.99. The Morgan fingerprint density at radius 2 is 1.68 bits per heavy atom. The molecule has 9 nitrogen and oxygen atoms in total. The lowest BCUT2D eigenvalue weighted by Gasteiger charge is -2.11. The first-order valence-electron chi connectivity index (χ1n) is 10.1. The van der Waals surface area contributed by atoms with Crippen LogP contribution in [0.25, 0.3) is 0 Å². The highest BCUT2D eigenvalue weighted by molar-refractivity contribution is 7.90. The monoisotopic (exact) mass is 497 g/mol. The van der Waals surface area contributed by atoms with Gasteiger partial charge in [0.2, 0.25) is 5.96 Å². The van der Waals surface area contributed by atoms with Crippen LogP contribution < -0.4 is 26.8 Å². The normalized spacial score (nSPS) is 10.7. The number of nitrogens with zero attached hydrogens (tertiary/aromatic N) is 1. The van der Waals surface area contributed by atoms with Gasteiger partial charge in [0.1, 0.15) is 5.75 Å². The molecule has 6 N–H and O–H groups in total. The van der Waals surface area contributed by atoms with E-state index in [1.807, 2.05) is 30.3 Å². The number of thiocarbonyl (C=S) groups is 1. The van der Waals surface area contributed by atoms with Crippen LogP contribution in [-0.2, 0) is 16.4 Å². The van der Waals surface area contributed by atoms with E-state index in [9.17, 15) is 13.2 Å². The van der Waals surface area contributed by atoms with Gasteiger partial charge in [-0.25, -0.2) is 0 Å². The highest BCUT2D eigenvalue weighted by Crippen LogP contribution is 2.17. The van der Waals surface area contributed by atoms with Gasteiger partial charge in [-0.2, -0.15) is 8.42 Å². The lowest BCUT2D eigenvalue weighted by atomic mass is 10.2. The predicted molar refractivity (Wildman–Crippen MR) is 135 cm³/mol. The number of hydrogen-bond donors (Lipinski definition) is 4. The number of amides is 1. The van der Waals surface area contributed by atoms with Crippen LogP contribution in [0.1, 0.15) is 15.9 Å². The average molecular weight is 498 g/mol. The molecule has 11 heteroatoms. The molecule has 0 saturated carbocycles. The molecule has 0 fully saturated rings. The maximum Gasteiger partial charge on any atom is 0.285 e. The zero-order valence-electron chi connectivity index (χ0n) is 18.0. The van der Waals surface area contributed by atoms with Gasteiger partial charge in [-0.05, 0) is 60.2 Å². The number of ether oxygens (including phenoxy) is 1. The Kier molecular flexibility index (Phi) is 8.17. The molecule has 0 bridgehead atoms. The molecule has 0 heterocycles. The third-order valence-corrected chi connectivity index (χ3v) is 5.98. The topological polar surface area (TPSA) is 149 Å².